The third-order valence-corrected chi connectivity index (χ3v) is 8.28. The maximum absolute atomic E-state index is 13.6. The Hall–Kier alpha value is -3.46. The first-order valence-corrected chi connectivity index (χ1v) is 13.9. The van der Waals surface area contributed by atoms with E-state index in [1.165, 1.54) is 24.1 Å². The SMILES string of the molecule is COCCOC(=O)N1[C@@H]2CC[C@H]1[C@H](C(=O)NO)N(S(=O)(=O)c1ccc(Oc3ccc(OC(C)C)cc3)nc1)C2. The van der Waals surface area contributed by atoms with Gasteiger partial charge in [0.1, 0.15) is 29.0 Å². The molecule has 1 aromatic carbocycles. The van der Waals surface area contributed by atoms with E-state index < -0.39 is 40.1 Å². The largest absolute Gasteiger partial charge is 0.491 e. The Morgan fingerprint density at radius 2 is 1.82 bits per heavy atom. The average Bonchev–Trinajstić information content (AvgIpc) is 3.22. The molecule has 0 saturated carbocycles. The van der Waals surface area contributed by atoms with Crippen LogP contribution >= 0.6 is 0 Å². The number of rotatable bonds is 10. The molecule has 2 amide bonds. The van der Waals surface area contributed by atoms with Crippen molar-refractivity contribution in [1.82, 2.24) is 19.7 Å². The van der Waals surface area contributed by atoms with Crippen LogP contribution in [-0.2, 0) is 24.3 Å². The van der Waals surface area contributed by atoms with Gasteiger partial charge in [0.05, 0.1) is 24.9 Å². The molecule has 2 fully saturated rings. The van der Waals surface area contributed by atoms with Crippen molar-refractivity contribution in [2.75, 3.05) is 26.9 Å². The number of ether oxygens (including phenoxy) is 4. The molecular weight excluding hydrogens is 532 g/mol. The van der Waals surface area contributed by atoms with Gasteiger partial charge in [-0.3, -0.25) is 14.9 Å². The molecule has 0 unspecified atom stereocenters. The van der Waals surface area contributed by atoms with E-state index in [4.69, 9.17) is 18.9 Å². The zero-order valence-corrected chi connectivity index (χ0v) is 22.7. The van der Waals surface area contributed by atoms with E-state index in [-0.39, 0.29) is 36.6 Å². The lowest BCUT2D eigenvalue weighted by Gasteiger charge is -2.44. The molecule has 2 aliphatic heterocycles. The van der Waals surface area contributed by atoms with E-state index >= 15 is 0 Å². The van der Waals surface area contributed by atoms with Crippen molar-refractivity contribution >= 4 is 22.0 Å². The van der Waals surface area contributed by atoms with Crippen LogP contribution in [0.4, 0.5) is 4.79 Å². The van der Waals surface area contributed by atoms with E-state index in [2.05, 4.69) is 4.98 Å². The molecule has 4 rings (SSSR count). The smallest absolute Gasteiger partial charge is 0.410 e. The van der Waals surface area contributed by atoms with Crippen molar-refractivity contribution in [2.24, 2.45) is 0 Å². The molecule has 3 heterocycles. The van der Waals surface area contributed by atoms with Crippen molar-refractivity contribution in [3.63, 3.8) is 0 Å². The summed E-state index contributed by atoms with van der Waals surface area (Å²) in [5.41, 5.74) is 1.55. The zero-order chi connectivity index (χ0) is 28.2. The second-order valence-electron chi connectivity index (χ2n) is 9.38. The van der Waals surface area contributed by atoms with Crippen molar-refractivity contribution in [1.29, 1.82) is 0 Å². The summed E-state index contributed by atoms with van der Waals surface area (Å²) in [6.07, 6.45) is 1.34. The molecular formula is C25H32N4O9S. The van der Waals surface area contributed by atoms with Crippen LogP contribution in [0.5, 0.6) is 17.4 Å². The van der Waals surface area contributed by atoms with E-state index in [1.54, 1.807) is 29.7 Å². The number of benzene rings is 1. The maximum atomic E-state index is 13.6. The van der Waals surface area contributed by atoms with Crippen LogP contribution in [-0.4, -0.2) is 90.9 Å². The fourth-order valence-corrected chi connectivity index (χ4v) is 6.40. The lowest BCUT2D eigenvalue weighted by atomic mass is 10.1. The molecule has 2 N–H and O–H groups in total. The van der Waals surface area contributed by atoms with Crippen LogP contribution in [0.2, 0.25) is 0 Å². The van der Waals surface area contributed by atoms with Gasteiger partial charge in [-0.25, -0.2) is 23.7 Å². The molecule has 2 saturated heterocycles. The second kappa shape index (κ2) is 12.2. The Morgan fingerprint density at radius 1 is 1.10 bits per heavy atom. The van der Waals surface area contributed by atoms with Gasteiger partial charge in [0.15, 0.2) is 0 Å². The molecule has 2 aliphatic rings. The first-order chi connectivity index (χ1) is 18.6. The van der Waals surface area contributed by atoms with Gasteiger partial charge in [-0.1, -0.05) is 0 Å². The summed E-state index contributed by atoms with van der Waals surface area (Å²) >= 11 is 0. The van der Waals surface area contributed by atoms with Gasteiger partial charge in [-0.15, -0.1) is 0 Å². The van der Waals surface area contributed by atoms with Crippen LogP contribution in [0.25, 0.3) is 0 Å². The fourth-order valence-electron chi connectivity index (χ4n) is 4.80. The van der Waals surface area contributed by atoms with Crippen LogP contribution in [0.3, 0.4) is 0 Å². The van der Waals surface area contributed by atoms with Crippen molar-refractivity contribution in [3.8, 4) is 17.4 Å². The highest BCUT2D eigenvalue weighted by Gasteiger charge is 2.55. The number of nitrogens with zero attached hydrogens (tertiary/aromatic N) is 3. The van der Waals surface area contributed by atoms with Crippen molar-refractivity contribution in [2.45, 2.75) is 55.8 Å². The highest BCUT2D eigenvalue weighted by Crippen LogP contribution is 2.38. The fraction of sp³-hybridized carbons (Fsp3) is 0.480. The number of nitrogens with one attached hydrogen (secondary N) is 1. The number of sulfonamides is 1. The van der Waals surface area contributed by atoms with E-state index in [9.17, 15) is 23.2 Å². The van der Waals surface area contributed by atoms with Gasteiger partial charge in [0.25, 0.3) is 5.91 Å². The molecule has 0 aliphatic carbocycles. The summed E-state index contributed by atoms with van der Waals surface area (Å²) < 4.78 is 49.7. The predicted octanol–water partition coefficient (Wildman–Crippen LogP) is 2.16. The Bertz CT molecular complexity index is 1260. The number of piperazine rings is 1. The summed E-state index contributed by atoms with van der Waals surface area (Å²) in [5, 5.41) is 9.39. The van der Waals surface area contributed by atoms with Crippen molar-refractivity contribution in [3.05, 3.63) is 42.6 Å². The third kappa shape index (κ3) is 6.24. The number of hydrogen-bond donors (Lipinski definition) is 2. The van der Waals surface area contributed by atoms with Gasteiger partial charge in [0, 0.05) is 25.8 Å². The van der Waals surface area contributed by atoms with Crippen LogP contribution in [0, 0.1) is 0 Å². The number of pyridine rings is 1. The molecule has 39 heavy (non-hydrogen) atoms. The molecule has 1 aromatic heterocycles. The molecule has 0 spiro atoms. The zero-order valence-electron chi connectivity index (χ0n) is 21.8. The minimum atomic E-state index is -4.24. The molecule has 2 bridgehead atoms. The first-order valence-electron chi connectivity index (χ1n) is 12.5. The normalized spacial score (nSPS) is 21.1. The van der Waals surface area contributed by atoms with Gasteiger partial charge in [-0.2, -0.15) is 4.31 Å². The quantitative estimate of drug-likeness (QED) is 0.249. The Labute approximate surface area is 226 Å². The Kier molecular flexibility index (Phi) is 8.90. The van der Waals surface area contributed by atoms with Gasteiger partial charge in [0.2, 0.25) is 15.9 Å². The van der Waals surface area contributed by atoms with E-state index in [0.29, 0.717) is 24.3 Å². The Morgan fingerprint density at radius 3 is 2.44 bits per heavy atom. The topological polar surface area (TPSA) is 157 Å². The predicted molar refractivity (Wildman–Crippen MR) is 136 cm³/mol. The number of methoxy groups -OCH3 is 1. The number of carbonyl (C=O) groups excluding carboxylic acids is 2. The summed E-state index contributed by atoms with van der Waals surface area (Å²) in [6, 6.07) is 6.97. The monoisotopic (exact) mass is 564 g/mol. The standard InChI is InChI=1S/C25H32N4O9S/c1-16(2)37-18-5-7-19(8-6-18)38-22-11-9-20(14-26-22)39(33,34)28-15-17-4-10-21(23(28)24(30)27-32)29(17)25(31)36-13-12-35-3/h5-9,11,14,16-17,21,23,32H,4,10,12-13,15H2,1-3H3,(H,27,30)/t17-,21+,23-/m1/s1. The van der Waals surface area contributed by atoms with Gasteiger partial charge >= 0.3 is 6.09 Å². The van der Waals surface area contributed by atoms with E-state index in [0.717, 1.165) is 10.5 Å². The average molecular weight is 565 g/mol. The highest BCUT2D eigenvalue weighted by atomic mass is 32.2. The molecule has 3 atom stereocenters. The molecule has 2 aromatic rings. The number of hydroxylamine groups is 1. The molecule has 212 valence electrons. The number of amides is 2. The summed E-state index contributed by atoms with van der Waals surface area (Å²) in [7, 11) is -2.77. The lowest BCUT2D eigenvalue weighted by molar-refractivity contribution is -0.136. The molecule has 14 heteroatoms. The maximum Gasteiger partial charge on any atom is 0.410 e. The number of carbonyl (C=O) groups is 2. The van der Waals surface area contributed by atoms with Gasteiger partial charge in [-0.05, 0) is 57.0 Å². The highest BCUT2D eigenvalue weighted by molar-refractivity contribution is 7.89. The van der Waals surface area contributed by atoms with Crippen LogP contribution in [0.1, 0.15) is 26.7 Å². The minimum Gasteiger partial charge on any atom is -0.491 e. The minimum absolute atomic E-state index is 0.0140. The van der Waals surface area contributed by atoms with Crippen molar-refractivity contribution < 1.29 is 42.2 Å². The Balaban J connectivity index is 1.51. The van der Waals surface area contributed by atoms with E-state index in [1.807, 2.05) is 13.8 Å². The number of fused-ring (bicyclic) bond motifs is 2. The molecule has 13 nitrogen and oxygen atoms in total. The number of aromatic nitrogens is 1. The summed E-state index contributed by atoms with van der Waals surface area (Å²) in [4.78, 5) is 30.8. The van der Waals surface area contributed by atoms with Crippen LogP contribution in [0.15, 0.2) is 47.5 Å². The van der Waals surface area contributed by atoms with Gasteiger partial charge < -0.3 is 18.9 Å². The summed E-state index contributed by atoms with van der Waals surface area (Å²) in [6.45, 7) is 3.90. The second-order valence-corrected chi connectivity index (χ2v) is 11.3. The third-order valence-electron chi connectivity index (χ3n) is 6.45. The summed E-state index contributed by atoms with van der Waals surface area (Å²) in [5.74, 6) is 0.390. The first kappa shape index (κ1) is 28.5. The lowest BCUT2D eigenvalue weighted by Crippen LogP contribution is -2.66. The number of hydrogen-bond acceptors (Lipinski definition) is 10. The molecule has 0 radical (unpaired) electrons. The van der Waals surface area contributed by atoms with Crippen LogP contribution < -0.4 is 15.0 Å².